The zero-order valence-corrected chi connectivity index (χ0v) is 33.4. The molecule has 0 spiro atoms. The molecular weight excluding hydrogens is 751 g/mol. The van der Waals surface area contributed by atoms with E-state index in [0.29, 0.717) is 29.9 Å². The summed E-state index contributed by atoms with van der Waals surface area (Å²) in [7, 11) is 5.52. The monoisotopic (exact) mass is 799 g/mol. The molecule has 1 fully saturated rings. The minimum absolute atomic E-state index is 0.0296. The van der Waals surface area contributed by atoms with Gasteiger partial charge in [0.05, 0.1) is 22.9 Å². The summed E-state index contributed by atoms with van der Waals surface area (Å²) in [6.45, 7) is 10.2. The van der Waals surface area contributed by atoms with E-state index in [1.165, 1.54) is 18.2 Å². The summed E-state index contributed by atoms with van der Waals surface area (Å²) in [5, 5.41) is 5.50. The molecule has 1 saturated heterocycles. The van der Waals surface area contributed by atoms with Crippen molar-refractivity contribution >= 4 is 45.6 Å². The number of nitrogen functional groups attached to an aromatic ring is 1. The van der Waals surface area contributed by atoms with Gasteiger partial charge in [0.1, 0.15) is 17.5 Å². The molecule has 6 rings (SSSR count). The summed E-state index contributed by atoms with van der Waals surface area (Å²) in [5.41, 5.74) is 8.68. The molecule has 4 N–H and O–H groups in total. The largest absolute Gasteiger partial charge is 0.416 e. The first kappa shape index (κ1) is 42.0. The highest BCUT2D eigenvalue weighted by molar-refractivity contribution is 6.05. The molecule has 15 heteroatoms. The molecule has 5 aromatic rings. The quantitative estimate of drug-likeness (QED) is 0.109. The Balaban J connectivity index is 1.15. The number of rotatable bonds is 13. The second-order valence-corrected chi connectivity index (χ2v) is 14.9. The summed E-state index contributed by atoms with van der Waals surface area (Å²) in [6, 6.07) is 19.1. The zero-order valence-electron chi connectivity index (χ0n) is 33.4. The van der Waals surface area contributed by atoms with Crippen LogP contribution in [-0.2, 0) is 23.9 Å². The van der Waals surface area contributed by atoms with E-state index >= 15 is 4.39 Å². The van der Waals surface area contributed by atoms with Gasteiger partial charge >= 0.3 is 6.18 Å². The maximum Gasteiger partial charge on any atom is 0.416 e. The SMILES string of the molecule is CCN1CCN(c2ccc(NC(=O)Cc3nc(N)c4c(F)c(-c5cc(NC(=O)c6ccc(CN(C)CCN(C)C)c(C(F)(F)F)c6)ccc5C)ccc4n3)cc2)CC1. The van der Waals surface area contributed by atoms with Crippen LogP contribution in [-0.4, -0.2) is 103 Å². The second-order valence-electron chi connectivity index (χ2n) is 14.9. The molecule has 0 bridgehead atoms. The van der Waals surface area contributed by atoms with E-state index in [1.807, 2.05) is 43.3 Å². The third-order valence-corrected chi connectivity index (χ3v) is 10.4. The molecular formula is C43H49F4N9O2. The molecule has 2 amide bonds. The van der Waals surface area contributed by atoms with Crippen molar-refractivity contribution in [1.82, 2.24) is 24.7 Å². The number of hydrogen-bond acceptors (Lipinski definition) is 9. The predicted molar refractivity (Wildman–Crippen MR) is 221 cm³/mol. The summed E-state index contributed by atoms with van der Waals surface area (Å²) in [5.74, 6) is -1.83. The highest BCUT2D eigenvalue weighted by atomic mass is 19.4. The van der Waals surface area contributed by atoms with E-state index in [2.05, 4.69) is 37.3 Å². The lowest BCUT2D eigenvalue weighted by molar-refractivity contribution is -0.138. The first-order valence-electron chi connectivity index (χ1n) is 19.2. The fraction of sp³-hybridized carbons (Fsp3) is 0.349. The van der Waals surface area contributed by atoms with Crippen LogP contribution in [0, 0.1) is 12.7 Å². The fourth-order valence-corrected chi connectivity index (χ4v) is 7.03. The number of likely N-dealkylation sites (N-methyl/N-ethyl adjacent to an activating group) is 3. The number of carbonyl (C=O) groups is 2. The summed E-state index contributed by atoms with van der Waals surface area (Å²) in [4.78, 5) is 43.4. The Morgan fingerprint density at radius 2 is 1.55 bits per heavy atom. The van der Waals surface area contributed by atoms with Gasteiger partial charge in [0.25, 0.3) is 5.91 Å². The van der Waals surface area contributed by atoms with Gasteiger partial charge in [-0.3, -0.25) is 9.59 Å². The average Bonchev–Trinajstić information content (AvgIpc) is 3.18. The number of hydrogen-bond donors (Lipinski definition) is 3. The number of nitrogens with zero attached hydrogens (tertiary/aromatic N) is 6. The molecule has 1 aliphatic heterocycles. The Morgan fingerprint density at radius 1 is 0.845 bits per heavy atom. The number of anilines is 4. The van der Waals surface area contributed by atoms with Crippen molar-refractivity contribution in [2.45, 2.75) is 33.0 Å². The molecule has 0 aliphatic carbocycles. The van der Waals surface area contributed by atoms with Crippen molar-refractivity contribution < 1.29 is 27.2 Å². The molecule has 11 nitrogen and oxygen atoms in total. The van der Waals surface area contributed by atoms with Gasteiger partial charge in [-0.15, -0.1) is 0 Å². The number of amides is 2. The Morgan fingerprint density at radius 3 is 2.22 bits per heavy atom. The highest BCUT2D eigenvalue weighted by Gasteiger charge is 2.34. The third kappa shape index (κ3) is 10.1. The Labute approximate surface area is 335 Å². The first-order chi connectivity index (χ1) is 27.6. The summed E-state index contributed by atoms with van der Waals surface area (Å²) in [6.07, 6.45) is -4.86. The van der Waals surface area contributed by atoms with E-state index in [-0.39, 0.29) is 63.8 Å². The minimum atomic E-state index is -4.67. The fourth-order valence-electron chi connectivity index (χ4n) is 7.03. The Hall–Kier alpha value is -5.64. The Kier molecular flexibility index (Phi) is 12.9. The highest BCUT2D eigenvalue weighted by Crippen LogP contribution is 2.36. The number of fused-ring (bicyclic) bond motifs is 1. The second kappa shape index (κ2) is 17.9. The number of alkyl halides is 3. The van der Waals surface area contributed by atoms with Crippen LogP contribution in [0.15, 0.2) is 72.8 Å². The van der Waals surface area contributed by atoms with Gasteiger partial charge in [-0.2, -0.15) is 13.2 Å². The van der Waals surface area contributed by atoms with E-state index in [0.717, 1.165) is 44.5 Å². The van der Waals surface area contributed by atoms with Gasteiger partial charge in [-0.05, 0) is 112 Å². The van der Waals surface area contributed by atoms with Crippen molar-refractivity contribution in [2.24, 2.45) is 0 Å². The van der Waals surface area contributed by atoms with Gasteiger partial charge in [-0.1, -0.05) is 19.1 Å². The van der Waals surface area contributed by atoms with Crippen LogP contribution in [0.2, 0.25) is 0 Å². The number of halogens is 4. The molecule has 4 aromatic carbocycles. The van der Waals surface area contributed by atoms with Crippen LogP contribution < -0.4 is 21.3 Å². The normalized spacial score (nSPS) is 13.7. The van der Waals surface area contributed by atoms with Crippen molar-refractivity contribution in [3.8, 4) is 11.1 Å². The number of benzene rings is 4. The standard InChI is InChI=1S/C43H49F4N9O2/c1-6-55-19-21-56(22-20-55)32-13-11-30(12-14-32)49-38(57)25-37-51-36-16-15-33(40(44)39(36)41(48)52-37)34-24-31(10-7-27(34)2)50-42(58)28-8-9-29(35(23-28)43(45,46)47)26-54(5)18-17-53(3)4/h7-16,23-24H,6,17-22,25-26H2,1-5H3,(H,49,57)(H,50,58)(H2,48,51,52). The smallest absolute Gasteiger partial charge is 0.383 e. The first-order valence-corrected chi connectivity index (χ1v) is 19.2. The molecule has 306 valence electrons. The minimum Gasteiger partial charge on any atom is -0.383 e. The zero-order chi connectivity index (χ0) is 41.7. The number of aryl methyl sites for hydroxylation is 1. The molecule has 58 heavy (non-hydrogen) atoms. The number of nitrogens with two attached hydrogens (primary N) is 1. The van der Waals surface area contributed by atoms with E-state index in [4.69, 9.17) is 5.73 Å². The summed E-state index contributed by atoms with van der Waals surface area (Å²) < 4.78 is 58.7. The number of nitrogens with one attached hydrogen (secondary N) is 2. The maximum atomic E-state index is 16.3. The average molecular weight is 800 g/mol. The van der Waals surface area contributed by atoms with Crippen LogP contribution in [0.1, 0.15) is 39.8 Å². The van der Waals surface area contributed by atoms with E-state index < -0.39 is 23.5 Å². The van der Waals surface area contributed by atoms with E-state index in [1.54, 1.807) is 43.1 Å². The van der Waals surface area contributed by atoms with Crippen LogP contribution in [0.25, 0.3) is 22.0 Å². The van der Waals surface area contributed by atoms with Gasteiger partial charge < -0.3 is 36.0 Å². The van der Waals surface area contributed by atoms with E-state index in [9.17, 15) is 22.8 Å². The number of carbonyl (C=O) groups excluding carboxylic acids is 2. The molecule has 0 saturated carbocycles. The Bertz CT molecular complexity index is 2270. The number of piperazine rings is 1. The maximum absolute atomic E-state index is 16.3. The lowest BCUT2D eigenvalue weighted by Gasteiger charge is -2.35. The lowest BCUT2D eigenvalue weighted by atomic mass is 9.97. The van der Waals surface area contributed by atoms with Crippen LogP contribution >= 0.6 is 0 Å². The van der Waals surface area contributed by atoms with Crippen molar-refractivity contribution in [3.63, 3.8) is 0 Å². The van der Waals surface area contributed by atoms with Gasteiger partial charge in [0, 0.05) is 74.0 Å². The molecule has 0 unspecified atom stereocenters. The third-order valence-electron chi connectivity index (χ3n) is 10.4. The summed E-state index contributed by atoms with van der Waals surface area (Å²) >= 11 is 0. The predicted octanol–water partition coefficient (Wildman–Crippen LogP) is 6.91. The molecule has 1 aromatic heterocycles. The van der Waals surface area contributed by atoms with Crippen molar-refractivity contribution in [2.75, 3.05) is 88.2 Å². The van der Waals surface area contributed by atoms with Crippen molar-refractivity contribution in [3.05, 3.63) is 107 Å². The lowest BCUT2D eigenvalue weighted by Crippen LogP contribution is -2.46. The topological polar surface area (TPSA) is 123 Å². The van der Waals surface area contributed by atoms with Gasteiger partial charge in [0.15, 0.2) is 0 Å². The van der Waals surface area contributed by atoms with Gasteiger partial charge in [-0.25, -0.2) is 14.4 Å². The van der Waals surface area contributed by atoms with Gasteiger partial charge in [0.2, 0.25) is 5.91 Å². The molecule has 2 heterocycles. The van der Waals surface area contributed by atoms with Crippen molar-refractivity contribution in [1.29, 1.82) is 0 Å². The van der Waals surface area contributed by atoms with Crippen LogP contribution in [0.4, 0.5) is 40.4 Å². The van der Waals surface area contributed by atoms with Crippen LogP contribution in [0.5, 0.6) is 0 Å². The molecule has 1 aliphatic rings. The number of aromatic nitrogens is 2. The molecule has 0 atom stereocenters. The molecule has 0 radical (unpaired) electrons. The van der Waals surface area contributed by atoms with Crippen LogP contribution in [0.3, 0.4) is 0 Å².